The van der Waals surface area contributed by atoms with Gasteiger partial charge < -0.3 is 20.1 Å². The Kier molecular flexibility index (Phi) is 5.74. The summed E-state index contributed by atoms with van der Waals surface area (Å²) in [6.07, 6.45) is 5.45. The number of urea groups is 1. The second-order valence-corrected chi connectivity index (χ2v) is 6.93. The van der Waals surface area contributed by atoms with Crippen molar-refractivity contribution in [1.82, 2.24) is 10.6 Å². The lowest BCUT2D eigenvalue weighted by atomic mass is 9.90. The number of ether oxygens (including phenoxy) is 2. The zero-order valence-electron chi connectivity index (χ0n) is 14.4. The van der Waals surface area contributed by atoms with Crippen LogP contribution in [0, 0.1) is 0 Å². The average Bonchev–Trinajstić information content (AvgIpc) is 3.04. The smallest absolute Gasteiger partial charge is 0.315 e. The predicted octanol–water partition coefficient (Wildman–Crippen LogP) is 2.99. The quantitative estimate of drug-likeness (QED) is 0.871. The van der Waals surface area contributed by atoms with Gasteiger partial charge in [0.25, 0.3) is 0 Å². The molecule has 5 heteroatoms. The Morgan fingerprint density at radius 2 is 1.88 bits per heavy atom. The third-order valence-corrected chi connectivity index (χ3v) is 4.98. The first-order valence-corrected chi connectivity index (χ1v) is 9.04. The number of hydrogen-bond acceptors (Lipinski definition) is 3. The summed E-state index contributed by atoms with van der Waals surface area (Å²) in [6.45, 7) is 3.44. The van der Waals surface area contributed by atoms with Crippen molar-refractivity contribution in [3.8, 4) is 0 Å². The summed E-state index contributed by atoms with van der Waals surface area (Å²) in [5, 5.41) is 6.14. The minimum Gasteiger partial charge on any atom is -0.348 e. The normalized spacial score (nSPS) is 21.5. The Morgan fingerprint density at radius 1 is 1.21 bits per heavy atom. The Hall–Kier alpha value is -1.59. The molecule has 1 unspecified atom stereocenters. The Bertz CT molecular complexity index is 519. The van der Waals surface area contributed by atoms with Crippen LogP contribution in [0.5, 0.6) is 0 Å². The molecular weight excluding hydrogens is 304 g/mol. The number of nitrogens with one attached hydrogen (secondary N) is 2. The predicted molar refractivity (Wildman–Crippen MR) is 92.8 cm³/mol. The summed E-state index contributed by atoms with van der Waals surface area (Å²) in [6, 6.07) is 10.7. The van der Waals surface area contributed by atoms with Gasteiger partial charge in [-0.05, 0) is 38.2 Å². The lowest BCUT2D eigenvalue weighted by molar-refractivity contribution is -0.179. The third kappa shape index (κ3) is 4.71. The highest BCUT2D eigenvalue weighted by Crippen LogP contribution is 2.35. The van der Waals surface area contributed by atoms with E-state index in [4.69, 9.17) is 9.47 Å². The zero-order chi connectivity index (χ0) is 16.8. The van der Waals surface area contributed by atoms with Crippen LogP contribution in [0.15, 0.2) is 30.3 Å². The van der Waals surface area contributed by atoms with E-state index in [2.05, 4.69) is 29.7 Å². The van der Waals surface area contributed by atoms with Gasteiger partial charge in [-0.25, -0.2) is 4.79 Å². The minimum absolute atomic E-state index is 0.0650. The number of benzene rings is 1. The maximum Gasteiger partial charge on any atom is 0.315 e. The molecule has 3 rings (SSSR count). The van der Waals surface area contributed by atoms with E-state index in [1.807, 2.05) is 18.2 Å². The van der Waals surface area contributed by atoms with Crippen LogP contribution >= 0.6 is 0 Å². The molecule has 1 heterocycles. The van der Waals surface area contributed by atoms with Crippen molar-refractivity contribution in [2.45, 2.75) is 63.3 Å². The van der Waals surface area contributed by atoms with Crippen LogP contribution in [0.3, 0.4) is 0 Å². The van der Waals surface area contributed by atoms with E-state index in [9.17, 15) is 4.79 Å². The number of hydrogen-bond donors (Lipinski definition) is 2. The molecule has 1 saturated carbocycles. The number of rotatable bonds is 5. The van der Waals surface area contributed by atoms with E-state index in [0.29, 0.717) is 13.2 Å². The molecule has 132 valence electrons. The van der Waals surface area contributed by atoms with Gasteiger partial charge in [0.1, 0.15) is 0 Å². The minimum atomic E-state index is -0.363. The summed E-state index contributed by atoms with van der Waals surface area (Å²) < 4.78 is 11.4. The molecular formula is C19H28N2O3. The van der Waals surface area contributed by atoms with Crippen LogP contribution in [-0.4, -0.2) is 37.1 Å². The van der Waals surface area contributed by atoms with Crippen molar-refractivity contribution in [1.29, 1.82) is 0 Å². The van der Waals surface area contributed by atoms with E-state index in [1.165, 1.54) is 5.56 Å². The van der Waals surface area contributed by atoms with Crippen LogP contribution in [0.4, 0.5) is 4.79 Å². The van der Waals surface area contributed by atoms with Gasteiger partial charge in [-0.2, -0.15) is 0 Å². The number of amides is 2. The summed E-state index contributed by atoms with van der Waals surface area (Å²) >= 11 is 0. The molecule has 24 heavy (non-hydrogen) atoms. The van der Waals surface area contributed by atoms with Crippen LogP contribution in [0.25, 0.3) is 0 Å². The third-order valence-electron chi connectivity index (χ3n) is 4.98. The molecule has 0 radical (unpaired) electrons. The van der Waals surface area contributed by atoms with Crippen LogP contribution < -0.4 is 10.6 Å². The maximum absolute atomic E-state index is 12.2. The van der Waals surface area contributed by atoms with Crippen LogP contribution in [0.2, 0.25) is 0 Å². The van der Waals surface area contributed by atoms with Crippen molar-refractivity contribution >= 4 is 6.03 Å². The van der Waals surface area contributed by atoms with E-state index in [1.54, 1.807) is 0 Å². The molecule has 5 nitrogen and oxygen atoms in total. The van der Waals surface area contributed by atoms with E-state index >= 15 is 0 Å². The van der Waals surface area contributed by atoms with Crippen molar-refractivity contribution < 1.29 is 14.3 Å². The molecule has 0 bridgehead atoms. The van der Waals surface area contributed by atoms with Crippen molar-refractivity contribution in [3.63, 3.8) is 0 Å². The molecule has 1 aliphatic carbocycles. The number of carbonyl (C=O) groups is 1. The molecule has 1 saturated heterocycles. The molecule has 1 aromatic rings. The fraction of sp³-hybridized carbons (Fsp3) is 0.632. The van der Waals surface area contributed by atoms with Gasteiger partial charge in [0.05, 0.1) is 13.2 Å². The molecule has 1 atom stereocenters. The van der Waals surface area contributed by atoms with Gasteiger partial charge in [-0.3, -0.25) is 0 Å². The largest absolute Gasteiger partial charge is 0.348 e. The van der Waals surface area contributed by atoms with Gasteiger partial charge in [-0.1, -0.05) is 30.3 Å². The second kappa shape index (κ2) is 7.99. The van der Waals surface area contributed by atoms with Gasteiger partial charge in [-0.15, -0.1) is 0 Å². The monoisotopic (exact) mass is 332 g/mol. The average molecular weight is 332 g/mol. The van der Waals surface area contributed by atoms with Gasteiger partial charge >= 0.3 is 6.03 Å². The second-order valence-electron chi connectivity index (χ2n) is 6.93. The molecule has 1 aromatic carbocycles. The first-order chi connectivity index (χ1) is 11.7. The highest BCUT2D eigenvalue weighted by molar-refractivity contribution is 5.74. The lowest BCUT2D eigenvalue weighted by Crippen LogP contribution is -2.49. The lowest BCUT2D eigenvalue weighted by Gasteiger charge is -2.35. The van der Waals surface area contributed by atoms with E-state index in [-0.39, 0.29) is 23.9 Å². The first-order valence-electron chi connectivity index (χ1n) is 9.04. The van der Waals surface area contributed by atoms with Crippen LogP contribution in [-0.2, 0) is 15.9 Å². The highest BCUT2D eigenvalue weighted by atomic mass is 16.7. The SMILES string of the molecule is CC(CCc1ccccc1)NC(=O)NC1CCC2(CC1)OCCO2. The molecule has 2 aliphatic rings. The fourth-order valence-electron chi connectivity index (χ4n) is 3.54. The topological polar surface area (TPSA) is 59.6 Å². The Balaban J connectivity index is 1.35. The number of carbonyl (C=O) groups excluding carboxylic acids is 1. The molecule has 2 fully saturated rings. The van der Waals surface area contributed by atoms with Crippen molar-refractivity contribution in [3.05, 3.63) is 35.9 Å². The Morgan fingerprint density at radius 3 is 2.54 bits per heavy atom. The van der Waals surface area contributed by atoms with Gasteiger partial charge in [0.15, 0.2) is 5.79 Å². The summed E-state index contributed by atoms with van der Waals surface area (Å²) in [5.74, 6) is -0.363. The fourth-order valence-corrected chi connectivity index (χ4v) is 3.54. The number of aryl methyl sites for hydroxylation is 1. The standard InChI is InChI=1S/C19H28N2O3/c1-15(7-8-16-5-3-2-4-6-16)20-18(22)21-17-9-11-19(12-10-17)23-13-14-24-19/h2-6,15,17H,7-14H2,1H3,(H2,20,21,22). The molecule has 1 aliphatic heterocycles. The van der Waals surface area contributed by atoms with Crippen LogP contribution in [0.1, 0.15) is 44.6 Å². The van der Waals surface area contributed by atoms with E-state index in [0.717, 1.165) is 38.5 Å². The van der Waals surface area contributed by atoms with E-state index < -0.39 is 0 Å². The van der Waals surface area contributed by atoms with Gasteiger partial charge in [0, 0.05) is 24.9 Å². The summed E-state index contributed by atoms with van der Waals surface area (Å²) in [7, 11) is 0. The summed E-state index contributed by atoms with van der Waals surface area (Å²) in [5.41, 5.74) is 1.31. The van der Waals surface area contributed by atoms with Gasteiger partial charge in [0.2, 0.25) is 0 Å². The summed E-state index contributed by atoms with van der Waals surface area (Å²) in [4.78, 5) is 12.2. The molecule has 0 aromatic heterocycles. The zero-order valence-corrected chi connectivity index (χ0v) is 14.4. The van der Waals surface area contributed by atoms with Crippen molar-refractivity contribution in [2.24, 2.45) is 0 Å². The van der Waals surface area contributed by atoms with Crippen molar-refractivity contribution in [2.75, 3.05) is 13.2 Å². The Labute approximate surface area is 144 Å². The molecule has 1 spiro atoms. The molecule has 2 amide bonds. The highest BCUT2D eigenvalue weighted by Gasteiger charge is 2.40. The first kappa shape index (κ1) is 17.2. The maximum atomic E-state index is 12.2. The molecule has 2 N–H and O–H groups in total.